The van der Waals surface area contributed by atoms with E-state index in [9.17, 15) is 14.4 Å². The van der Waals surface area contributed by atoms with E-state index >= 15 is 0 Å². The van der Waals surface area contributed by atoms with Crippen molar-refractivity contribution in [1.29, 1.82) is 0 Å². The van der Waals surface area contributed by atoms with E-state index < -0.39 is 11.7 Å². The van der Waals surface area contributed by atoms with E-state index in [0.29, 0.717) is 30.5 Å². The number of para-hydroxylation sites is 1. The minimum Gasteiger partial charge on any atom is -0.339 e. The van der Waals surface area contributed by atoms with Crippen LogP contribution in [0.4, 0.5) is 10.5 Å². The maximum Gasteiger partial charge on any atom is 0.354 e. The predicted molar refractivity (Wildman–Crippen MR) is 108 cm³/mol. The fourth-order valence-corrected chi connectivity index (χ4v) is 3.91. The number of amides is 2. The third-order valence-corrected chi connectivity index (χ3v) is 5.33. The van der Waals surface area contributed by atoms with E-state index in [4.69, 9.17) is 0 Å². The number of nitrogens with zero attached hydrogens (tertiary/aromatic N) is 6. The Labute approximate surface area is 169 Å². The van der Waals surface area contributed by atoms with E-state index in [1.165, 1.54) is 4.90 Å². The van der Waals surface area contributed by atoms with Crippen molar-refractivity contribution in [3.05, 3.63) is 46.6 Å². The van der Waals surface area contributed by atoms with Gasteiger partial charge in [-0.25, -0.2) is 14.3 Å². The molecular formula is C20H26N6O3. The fraction of sp³-hybridized carbons (Fsp3) is 0.500. The second kappa shape index (κ2) is 7.82. The van der Waals surface area contributed by atoms with Gasteiger partial charge in [-0.15, -0.1) is 0 Å². The molecular weight excluding hydrogens is 372 g/mol. The molecule has 0 aliphatic carbocycles. The number of hydrogen-bond acceptors (Lipinski definition) is 5. The number of aromatic nitrogens is 3. The first-order valence-corrected chi connectivity index (χ1v) is 10.00. The van der Waals surface area contributed by atoms with Gasteiger partial charge in [-0.2, -0.15) is 9.67 Å². The van der Waals surface area contributed by atoms with E-state index in [0.717, 1.165) is 28.9 Å². The maximum atomic E-state index is 12.7. The minimum atomic E-state index is -0.560. The molecule has 0 N–H and O–H groups in total. The number of rotatable bonds is 5. The molecule has 1 fully saturated rings. The lowest BCUT2D eigenvalue weighted by molar-refractivity contribution is -0.133. The molecule has 0 spiro atoms. The van der Waals surface area contributed by atoms with Crippen LogP contribution in [0.3, 0.4) is 0 Å². The lowest BCUT2D eigenvalue weighted by Crippen LogP contribution is -2.50. The van der Waals surface area contributed by atoms with Crippen molar-refractivity contribution >= 4 is 17.6 Å². The molecule has 0 radical (unpaired) electrons. The van der Waals surface area contributed by atoms with Crippen LogP contribution in [0.5, 0.6) is 0 Å². The first-order valence-electron chi connectivity index (χ1n) is 10.00. The molecule has 29 heavy (non-hydrogen) atoms. The lowest BCUT2D eigenvalue weighted by atomic mass is 10.2. The Morgan fingerprint density at radius 1 is 1.07 bits per heavy atom. The summed E-state index contributed by atoms with van der Waals surface area (Å²) in [6.07, 6.45) is 0. The molecule has 4 rings (SSSR count). The third kappa shape index (κ3) is 3.82. The van der Waals surface area contributed by atoms with Crippen molar-refractivity contribution in [3.8, 4) is 0 Å². The van der Waals surface area contributed by atoms with Crippen LogP contribution in [0.2, 0.25) is 0 Å². The summed E-state index contributed by atoms with van der Waals surface area (Å²) >= 11 is 0. The number of carbonyl (C=O) groups excluding carboxylic acids is 2. The molecule has 154 valence electrons. The normalized spacial score (nSPS) is 17.3. The highest BCUT2D eigenvalue weighted by Gasteiger charge is 2.34. The number of hydrogen-bond donors (Lipinski definition) is 0. The zero-order valence-electron chi connectivity index (χ0n) is 16.8. The number of fused-ring (bicyclic) bond motifs is 1. The summed E-state index contributed by atoms with van der Waals surface area (Å²) in [6, 6.07) is 8.72. The Morgan fingerprint density at radius 3 is 2.38 bits per heavy atom. The van der Waals surface area contributed by atoms with Gasteiger partial charge in [0.1, 0.15) is 6.54 Å². The van der Waals surface area contributed by atoms with E-state index in [1.54, 1.807) is 4.90 Å². The average molecular weight is 398 g/mol. The number of anilines is 1. The van der Waals surface area contributed by atoms with Crippen molar-refractivity contribution in [1.82, 2.24) is 24.1 Å². The van der Waals surface area contributed by atoms with Crippen LogP contribution in [-0.2, 0) is 17.9 Å². The number of benzene rings is 1. The largest absolute Gasteiger partial charge is 0.354 e. The Kier molecular flexibility index (Phi) is 5.23. The Hall–Kier alpha value is -2.94. The van der Waals surface area contributed by atoms with Gasteiger partial charge >= 0.3 is 11.7 Å². The maximum absolute atomic E-state index is 12.7. The molecule has 0 saturated carbocycles. The second-order valence-corrected chi connectivity index (χ2v) is 7.97. The van der Waals surface area contributed by atoms with Crippen molar-refractivity contribution in [2.75, 3.05) is 37.6 Å². The average Bonchev–Trinajstić information content (AvgIpc) is 3.19. The Bertz CT molecular complexity index is 956. The van der Waals surface area contributed by atoms with Crippen LogP contribution >= 0.6 is 0 Å². The molecule has 0 bridgehead atoms. The van der Waals surface area contributed by atoms with Crippen molar-refractivity contribution < 1.29 is 9.59 Å². The summed E-state index contributed by atoms with van der Waals surface area (Å²) in [6.45, 7) is 8.43. The van der Waals surface area contributed by atoms with E-state index in [1.807, 2.05) is 30.3 Å². The third-order valence-electron chi connectivity index (χ3n) is 5.33. The monoisotopic (exact) mass is 398 g/mol. The molecule has 1 aromatic carbocycles. The Balaban J connectivity index is 1.41. The van der Waals surface area contributed by atoms with Gasteiger partial charge in [-0.05, 0) is 18.1 Å². The summed E-state index contributed by atoms with van der Waals surface area (Å²) in [5.41, 5.74) is 0.152. The Morgan fingerprint density at radius 2 is 1.76 bits per heavy atom. The summed E-state index contributed by atoms with van der Waals surface area (Å²) in [7, 11) is 0. The van der Waals surface area contributed by atoms with E-state index in [-0.39, 0.29) is 19.0 Å². The van der Waals surface area contributed by atoms with Crippen molar-refractivity contribution in [2.45, 2.75) is 26.9 Å². The SMILES string of the molecule is CC(C)CN1CCN(C(=O)Cn2nc3n(c2=O)C(=O)N(c2ccccc2)C3)CC1. The molecule has 9 heteroatoms. The number of piperazine rings is 1. The van der Waals surface area contributed by atoms with Crippen molar-refractivity contribution in [2.24, 2.45) is 5.92 Å². The highest BCUT2D eigenvalue weighted by molar-refractivity contribution is 5.96. The van der Waals surface area contributed by atoms with Gasteiger partial charge in [0.25, 0.3) is 0 Å². The smallest absolute Gasteiger partial charge is 0.339 e. The van der Waals surface area contributed by atoms with Gasteiger partial charge in [0.05, 0.1) is 6.54 Å². The minimum absolute atomic E-state index is 0.137. The van der Waals surface area contributed by atoms with Crippen LogP contribution < -0.4 is 10.6 Å². The predicted octanol–water partition coefficient (Wildman–Crippen LogP) is 0.833. The van der Waals surface area contributed by atoms with Crippen LogP contribution in [0.15, 0.2) is 35.1 Å². The van der Waals surface area contributed by atoms with Gasteiger partial charge in [0.15, 0.2) is 5.82 Å². The first kappa shape index (κ1) is 19.4. The molecule has 9 nitrogen and oxygen atoms in total. The molecule has 0 atom stereocenters. The van der Waals surface area contributed by atoms with Crippen LogP contribution in [-0.4, -0.2) is 68.8 Å². The van der Waals surface area contributed by atoms with Crippen LogP contribution in [0.1, 0.15) is 19.7 Å². The molecule has 1 aromatic heterocycles. The van der Waals surface area contributed by atoms with Crippen molar-refractivity contribution in [3.63, 3.8) is 0 Å². The highest BCUT2D eigenvalue weighted by atomic mass is 16.2. The van der Waals surface area contributed by atoms with Gasteiger partial charge in [0.2, 0.25) is 5.91 Å². The summed E-state index contributed by atoms with van der Waals surface area (Å²) in [5.74, 6) is 0.815. The molecule has 1 saturated heterocycles. The van der Waals surface area contributed by atoms with Crippen LogP contribution in [0.25, 0.3) is 0 Å². The van der Waals surface area contributed by atoms with Gasteiger partial charge in [-0.1, -0.05) is 32.0 Å². The van der Waals surface area contributed by atoms with Crippen LogP contribution in [0, 0.1) is 5.92 Å². The number of carbonyl (C=O) groups is 2. The highest BCUT2D eigenvalue weighted by Crippen LogP contribution is 2.21. The van der Waals surface area contributed by atoms with E-state index in [2.05, 4.69) is 23.8 Å². The standard InChI is InChI=1S/C20H26N6O3/c1-15(2)12-22-8-10-23(11-9-22)18(27)14-25-20(29)26-17(21-25)13-24(19(26)28)16-6-4-3-5-7-16/h3-7,15H,8-14H2,1-2H3. The molecule has 2 aromatic rings. The summed E-state index contributed by atoms with van der Waals surface area (Å²) in [4.78, 5) is 43.6. The van der Waals surface area contributed by atoms with Gasteiger partial charge in [0, 0.05) is 38.4 Å². The molecule has 2 amide bonds. The topological polar surface area (TPSA) is 83.7 Å². The molecule has 2 aliphatic rings. The quantitative estimate of drug-likeness (QED) is 0.745. The molecule has 0 unspecified atom stereocenters. The van der Waals surface area contributed by atoms with Gasteiger partial charge < -0.3 is 4.90 Å². The summed E-state index contributed by atoms with van der Waals surface area (Å²) < 4.78 is 2.17. The zero-order chi connectivity index (χ0) is 20.5. The second-order valence-electron chi connectivity index (χ2n) is 7.97. The lowest BCUT2D eigenvalue weighted by Gasteiger charge is -2.35. The summed E-state index contributed by atoms with van der Waals surface area (Å²) in [5, 5.41) is 4.25. The van der Waals surface area contributed by atoms with Gasteiger partial charge in [-0.3, -0.25) is 14.6 Å². The molecule has 2 aliphatic heterocycles. The fourth-order valence-electron chi connectivity index (χ4n) is 3.91. The zero-order valence-corrected chi connectivity index (χ0v) is 16.8. The molecule has 3 heterocycles. The first-order chi connectivity index (χ1) is 13.9.